The quantitative estimate of drug-likeness (QED) is 0.913. The summed E-state index contributed by atoms with van der Waals surface area (Å²) in [7, 11) is 1.68. The van der Waals surface area contributed by atoms with E-state index in [-0.39, 0.29) is 5.54 Å². The van der Waals surface area contributed by atoms with Crippen LogP contribution in [0.5, 0.6) is 5.75 Å². The number of ether oxygens (including phenoxy) is 1. The first kappa shape index (κ1) is 11.0. The Bertz CT molecular complexity index is 361. The minimum absolute atomic E-state index is 0.138. The molecule has 0 saturated heterocycles. The third-order valence-corrected chi connectivity index (χ3v) is 3.78. The summed E-state index contributed by atoms with van der Waals surface area (Å²) in [5.74, 6) is 0.888. The van der Waals surface area contributed by atoms with Gasteiger partial charge in [0.05, 0.1) is 7.11 Å². The molecule has 0 aliphatic heterocycles. The van der Waals surface area contributed by atoms with Gasteiger partial charge in [0.2, 0.25) is 0 Å². The second-order valence-corrected chi connectivity index (χ2v) is 5.17. The van der Waals surface area contributed by atoms with Crippen LogP contribution in [0.25, 0.3) is 0 Å². The van der Waals surface area contributed by atoms with Gasteiger partial charge >= 0.3 is 0 Å². The molecule has 1 aliphatic rings. The van der Waals surface area contributed by atoms with Gasteiger partial charge in [-0.1, -0.05) is 22.0 Å². The Kier molecular flexibility index (Phi) is 3.03. The van der Waals surface area contributed by atoms with E-state index in [1.54, 1.807) is 7.11 Å². The second kappa shape index (κ2) is 4.14. The number of halogens is 1. The van der Waals surface area contributed by atoms with Crippen molar-refractivity contribution in [2.45, 2.75) is 31.2 Å². The lowest BCUT2D eigenvalue weighted by molar-refractivity contribution is 0.414. The molecule has 1 aromatic carbocycles. The normalized spacial score (nSPS) is 17.5. The van der Waals surface area contributed by atoms with E-state index in [1.165, 1.54) is 18.4 Å². The molecule has 0 aromatic heterocycles. The lowest BCUT2D eigenvalue weighted by atomic mass is 10.0. The summed E-state index contributed by atoms with van der Waals surface area (Å²) in [4.78, 5) is 0. The maximum absolute atomic E-state index is 6.06. The van der Waals surface area contributed by atoms with E-state index < -0.39 is 0 Å². The molecule has 0 atom stereocenters. The Balaban J connectivity index is 2.01. The van der Waals surface area contributed by atoms with Crippen LogP contribution in [0, 0.1) is 0 Å². The van der Waals surface area contributed by atoms with Crippen LogP contribution in [0.1, 0.15) is 24.8 Å². The summed E-state index contributed by atoms with van der Waals surface area (Å²) >= 11 is 3.56. The van der Waals surface area contributed by atoms with Crippen LogP contribution < -0.4 is 10.5 Å². The van der Waals surface area contributed by atoms with E-state index in [1.807, 2.05) is 12.1 Å². The van der Waals surface area contributed by atoms with Gasteiger partial charge in [0.25, 0.3) is 0 Å². The summed E-state index contributed by atoms with van der Waals surface area (Å²) in [6, 6.07) is 6.11. The third kappa shape index (κ3) is 2.73. The minimum atomic E-state index is 0.138. The molecule has 0 amide bonds. The molecule has 1 fully saturated rings. The van der Waals surface area contributed by atoms with Gasteiger partial charge in [-0.05, 0) is 43.4 Å². The van der Waals surface area contributed by atoms with Gasteiger partial charge in [-0.15, -0.1) is 0 Å². The molecule has 82 valence electrons. The van der Waals surface area contributed by atoms with Crippen LogP contribution in [-0.4, -0.2) is 12.6 Å². The number of rotatable bonds is 4. The summed E-state index contributed by atoms with van der Waals surface area (Å²) < 4.78 is 6.27. The van der Waals surface area contributed by atoms with Gasteiger partial charge in [-0.25, -0.2) is 0 Å². The van der Waals surface area contributed by atoms with Gasteiger partial charge in [0.1, 0.15) is 5.75 Å². The van der Waals surface area contributed by atoms with E-state index in [0.29, 0.717) is 0 Å². The number of aryl methyl sites for hydroxylation is 1. The first-order valence-electron chi connectivity index (χ1n) is 5.24. The molecule has 0 spiro atoms. The topological polar surface area (TPSA) is 35.2 Å². The summed E-state index contributed by atoms with van der Waals surface area (Å²) in [5, 5.41) is 0. The molecule has 1 aliphatic carbocycles. The standard InChI is InChI=1S/C12H16BrNO/c1-15-10-3-2-9(11(13)8-10)4-5-12(14)6-7-12/h2-3,8H,4-7,14H2,1H3. The highest BCUT2D eigenvalue weighted by Gasteiger charge is 2.37. The molecule has 2 nitrogen and oxygen atoms in total. The van der Waals surface area contributed by atoms with Gasteiger partial charge in [0.15, 0.2) is 0 Å². The Morgan fingerprint density at radius 3 is 2.73 bits per heavy atom. The van der Waals surface area contributed by atoms with Crippen molar-refractivity contribution < 1.29 is 4.74 Å². The Hall–Kier alpha value is -0.540. The molecule has 0 radical (unpaired) electrons. The van der Waals surface area contributed by atoms with E-state index in [4.69, 9.17) is 10.5 Å². The van der Waals surface area contributed by atoms with Crippen molar-refractivity contribution in [2.24, 2.45) is 5.73 Å². The van der Waals surface area contributed by atoms with Crippen molar-refractivity contribution in [1.82, 2.24) is 0 Å². The maximum Gasteiger partial charge on any atom is 0.120 e. The van der Waals surface area contributed by atoms with E-state index in [0.717, 1.165) is 23.1 Å². The highest BCUT2D eigenvalue weighted by atomic mass is 79.9. The van der Waals surface area contributed by atoms with Crippen molar-refractivity contribution in [2.75, 3.05) is 7.11 Å². The van der Waals surface area contributed by atoms with Crippen molar-refractivity contribution in [3.63, 3.8) is 0 Å². The second-order valence-electron chi connectivity index (χ2n) is 4.32. The molecule has 2 rings (SSSR count). The van der Waals surface area contributed by atoms with Crippen molar-refractivity contribution in [3.8, 4) is 5.75 Å². The minimum Gasteiger partial charge on any atom is -0.497 e. The summed E-state index contributed by atoms with van der Waals surface area (Å²) in [6.45, 7) is 0. The summed E-state index contributed by atoms with van der Waals surface area (Å²) in [5.41, 5.74) is 7.51. The van der Waals surface area contributed by atoms with Crippen LogP contribution in [0.15, 0.2) is 22.7 Å². The fraction of sp³-hybridized carbons (Fsp3) is 0.500. The van der Waals surface area contributed by atoms with Crippen molar-refractivity contribution >= 4 is 15.9 Å². The first-order valence-corrected chi connectivity index (χ1v) is 6.04. The zero-order chi connectivity index (χ0) is 10.9. The van der Waals surface area contributed by atoms with E-state index in [9.17, 15) is 0 Å². The lowest BCUT2D eigenvalue weighted by Gasteiger charge is -2.10. The lowest BCUT2D eigenvalue weighted by Crippen LogP contribution is -2.22. The molecule has 0 heterocycles. The zero-order valence-electron chi connectivity index (χ0n) is 8.92. The average molecular weight is 270 g/mol. The number of hydrogen-bond donors (Lipinski definition) is 1. The molecule has 2 N–H and O–H groups in total. The largest absolute Gasteiger partial charge is 0.497 e. The molecule has 3 heteroatoms. The highest BCUT2D eigenvalue weighted by Crippen LogP contribution is 2.37. The molecule has 0 bridgehead atoms. The molecule has 1 saturated carbocycles. The van der Waals surface area contributed by atoms with Crippen LogP contribution in [0.3, 0.4) is 0 Å². The molecular formula is C12H16BrNO. The third-order valence-electron chi connectivity index (χ3n) is 3.04. The summed E-state index contributed by atoms with van der Waals surface area (Å²) in [6.07, 6.45) is 4.49. The van der Waals surface area contributed by atoms with Gasteiger partial charge in [0, 0.05) is 10.0 Å². The van der Waals surface area contributed by atoms with Gasteiger partial charge in [-0.3, -0.25) is 0 Å². The molecule has 0 unspecified atom stereocenters. The monoisotopic (exact) mass is 269 g/mol. The number of methoxy groups -OCH3 is 1. The first-order chi connectivity index (χ1) is 7.13. The SMILES string of the molecule is COc1ccc(CCC2(N)CC2)c(Br)c1. The zero-order valence-corrected chi connectivity index (χ0v) is 10.5. The van der Waals surface area contributed by atoms with E-state index >= 15 is 0 Å². The van der Waals surface area contributed by atoms with Gasteiger partial charge in [-0.2, -0.15) is 0 Å². The predicted molar refractivity (Wildman–Crippen MR) is 65.2 cm³/mol. The van der Waals surface area contributed by atoms with Gasteiger partial charge < -0.3 is 10.5 Å². The van der Waals surface area contributed by atoms with Crippen LogP contribution >= 0.6 is 15.9 Å². The Labute approximate surface area is 98.9 Å². The highest BCUT2D eigenvalue weighted by molar-refractivity contribution is 9.10. The number of benzene rings is 1. The number of hydrogen-bond acceptors (Lipinski definition) is 2. The van der Waals surface area contributed by atoms with Crippen LogP contribution in [-0.2, 0) is 6.42 Å². The number of nitrogens with two attached hydrogens (primary N) is 1. The van der Waals surface area contributed by atoms with Crippen LogP contribution in [0.2, 0.25) is 0 Å². The molecule has 1 aromatic rings. The smallest absolute Gasteiger partial charge is 0.120 e. The average Bonchev–Trinajstić information content (AvgIpc) is 2.95. The van der Waals surface area contributed by atoms with Crippen LogP contribution in [0.4, 0.5) is 0 Å². The fourth-order valence-electron chi connectivity index (χ4n) is 1.65. The predicted octanol–water partition coefficient (Wildman–Crippen LogP) is 2.88. The Morgan fingerprint density at radius 2 is 2.20 bits per heavy atom. The van der Waals surface area contributed by atoms with Crippen molar-refractivity contribution in [1.29, 1.82) is 0 Å². The fourth-order valence-corrected chi connectivity index (χ4v) is 2.21. The van der Waals surface area contributed by atoms with Crippen molar-refractivity contribution in [3.05, 3.63) is 28.2 Å². The van der Waals surface area contributed by atoms with E-state index in [2.05, 4.69) is 22.0 Å². The maximum atomic E-state index is 6.06. The molecular weight excluding hydrogens is 254 g/mol. The molecule has 15 heavy (non-hydrogen) atoms. The Morgan fingerprint density at radius 1 is 1.47 bits per heavy atom.